The smallest absolute Gasteiger partial charge is 0.137 e. The molecule has 0 N–H and O–H groups in total. The van der Waals surface area contributed by atoms with Crippen molar-refractivity contribution < 1.29 is 0 Å². The van der Waals surface area contributed by atoms with Crippen LogP contribution in [-0.4, -0.2) is 19.1 Å². The van der Waals surface area contributed by atoms with Gasteiger partial charge in [-0.25, -0.2) is 4.98 Å². The zero-order valence-corrected chi connectivity index (χ0v) is 18.3. The van der Waals surface area contributed by atoms with Gasteiger partial charge in [-0.05, 0) is 60.2 Å². The first-order chi connectivity index (χ1) is 16.9. The Morgan fingerprint density at radius 3 is 2.26 bits per heavy atom. The second kappa shape index (κ2) is 7.42. The third kappa shape index (κ3) is 2.79. The van der Waals surface area contributed by atoms with Gasteiger partial charge < -0.3 is 4.57 Å². The summed E-state index contributed by atoms with van der Waals surface area (Å²) in [7, 11) is 0. The molecule has 0 unspecified atom stereocenters. The molecule has 7 rings (SSSR count). The Hall–Kier alpha value is -4.70. The van der Waals surface area contributed by atoms with E-state index in [0.29, 0.717) is 0 Å². The molecular weight excluding hydrogens is 416 g/mol. The summed E-state index contributed by atoms with van der Waals surface area (Å²) in [6.45, 7) is 0. The Bertz CT molecular complexity index is 1780. The number of pyridine rings is 2. The van der Waals surface area contributed by atoms with Gasteiger partial charge >= 0.3 is 0 Å². The summed E-state index contributed by atoms with van der Waals surface area (Å²) in [5.74, 6) is 0.904. The highest BCUT2D eigenvalue weighted by Crippen LogP contribution is 2.37. The van der Waals surface area contributed by atoms with Crippen molar-refractivity contribution in [3.05, 3.63) is 122 Å². The third-order valence-corrected chi connectivity index (χ3v) is 6.51. The van der Waals surface area contributed by atoms with Gasteiger partial charge in [0, 0.05) is 52.2 Å². The van der Waals surface area contributed by atoms with Gasteiger partial charge in [0.25, 0.3) is 0 Å². The van der Waals surface area contributed by atoms with Crippen molar-refractivity contribution in [1.29, 1.82) is 0 Å². The van der Waals surface area contributed by atoms with E-state index in [1.165, 1.54) is 21.7 Å². The number of hydrogen-bond donors (Lipinski definition) is 0. The van der Waals surface area contributed by atoms with Gasteiger partial charge in [-0.2, -0.15) is 0 Å². The molecule has 0 atom stereocenters. The minimum atomic E-state index is 0.904. The topological polar surface area (TPSA) is 35.6 Å². The van der Waals surface area contributed by atoms with Crippen LogP contribution in [0.5, 0.6) is 0 Å². The number of hydrogen-bond acceptors (Lipinski definition) is 2. The molecule has 3 aromatic carbocycles. The fourth-order valence-electron chi connectivity index (χ4n) is 4.97. The van der Waals surface area contributed by atoms with Gasteiger partial charge in [-0.1, -0.05) is 42.5 Å². The molecule has 4 heteroatoms. The summed E-state index contributed by atoms with van der Waals surface area (Å²) >= 11 is 0. The van der Waals surface area contributed by atoms with E-state index in [1.807, 2.05) is 30.7 Å². The second-order valence-corrected chi connectivity index (χ2v) is 8.41. The van der Waals surface area contributed by atoms with E-state index in [9.17, 15) is 0 Å². The molecule has 4 aromatic heterocycles. The number of fused-ring (bicyclic) bond motifs is 5. The highest BCUT2D eigenvalue weighted by atomic mass is 15.1. The van der Waals surface area contributed by atoms with Crippen LogP contribution in [-0.2, 0) is 0 Å². The lowest BCUT2D eigenvalue weighted by molar-refractivity contribution is 1.08. The van der Waals surface area contributed by atoms with Crippen molar-refractivity contribution >= 4 is 32.7 Å². The van der Waals surface area contributed by atoms with Crippen LogP contribution >= 0.6 is 0 Å². The Morgan fingerprint density at radius 2 is 1.44 bits per heavy atom. The Kier molecular flexibility index (Phi) is 4.11. The van der Waals surface area contributed by atoms with E-state index < -0.39 is 0 Å². The molecule has 0 saturated carbocycles. The van der Waals surface area contributed by atoms with Crippen LogP contribution < -0.4 is 0 Å². The Labute approximate surface area is 196 Å². The lowest BCUT2D eigenvalue weighted by atomic mass is 10.1. The molecule has 4 heterocycles. The van der Waals surface area contributed by atoms with E-state index in [-0.39, 0.29) is 0 Å². The molecule has 160 valence electrons. The summed E-state index contributed by atoms with van der Waals surface area (Å²) in [4.78, 5) is 9.00. The van der Waals surface area contributed by atoms with Gasteiger partial charge in [0.05, 0.1) is 16.6 Å². The number of benzene rings is 3. The minimum Gasteiger partial charge on any atom is -0.316 e. The van der Waals surface area contributed by atoms with Gasteiger partial charge in [0.1, 0.15) is 5.82 Å². The lowest BCUT2D eigenvalue weighted by Gasteiger charge is -2.09. The molecule has 0 spiro atoms. The quantitative estimate of drug-likeness (QED) is 0.294. The first-order valence-corrected chi connectivity index (χ1v) is 11.3. The Morgan fingerprint density at radius 1 is 0.618 bits per heavy atom. The second-order valence-electron chi connectivity index (χ2n) is 8.41. The van der Waals surface area contributed by atoms with Crippen LogP contribution in [0.15, 0.2) is 122 Å². The van der Waals surface area contributed by atoms with Crippen molar-refractivity contribution in [2.24, 2.45) is 0 Å². The molecule has 0 aliphatic heterocycles. The molecule has 0 aliphatic carbocycles. The van der Waals surface area contributed by atoms with Crippen LogP contribution in [0.3, 0.4) is 0 Å². The van der Waals surface area contributed by atoms with E-state index in [0.717, 1.165) is 33.7 Å². The van der Waals surface area contributed by atoms with Crippen LogP contribution in [0.4, 0.5) is 0 Å². The maximum atomic E-state index is 4.88. The minimum absolute atomic E-state index is 0.904. The predicted octanol–water partition coefficient (Wildman–Crippen LogP) is 7.18. The normalized spacial score (nSPS) is 11.5. The summed E-state index contributed by atoms with van der Waals surface area (Å²) in [5, 5.41) is 3.68. The fraction of sp³-hybridized carbons (Fsp3) is 0. The maximum Gasteiger partial charge on any atom is 0.137 e. The largest absolute Gasteiger partial charge is 0.316 e. The Balaban J connectivity index is 1.52. The summed E-state index contributed by atoms with van der Waals surface area (Å²) < 4.78 is 4.55. The molecule has 7 aromatic rings. The lowest BCUT2D eigenvalue weighted by Crippen LogP contribution is -1.97. The zero-order chi connectivity index (χ0) is 22.5. The van der Waals surface area contributed by atoms with Crippen LogP contribution in [0, 0.1) is 0 Å². The predicted molar refractivity (Wildman–Crippen MR) is 139 cm³/mol. The fourth-order valence-corrected chi connectivity index (χ4v) is 4.97. The highest BCUT2D eigenvalue weighted by molar-refractivity contribution is 6.20. The molecular formula is C30H20N4. The summed E-state index contributed by atoms with van der Waals surface area (Å²) in [6, 6.07) is 34.0. The maximum absolute atomic E-state index is 4.88. The van der Waals surface area contributed by atoms with Crippen molar-refractivity contribution in [2.75, 3.05) is 0 Å². The number of aromatic nitrogens is 4. The molecule has 0 radical (unpaired) electrons. The summed E-state index contributed by atoms with van der Waals surface area (Å²) in [6.07, 6.45) is 7.72. The monoisotopic (exact) mass is 436 g/mol. The van der Waals surface area contributed by atoms with E-state index in [4.69, 9.17) is 4.98 Å². The molecule has 4 nitrogen and oxygen atoms in total. The van der Waals surface area contributed by atoms with Gasteiger partial charge in [0.15, 0.2) is 0 Å². The van der Waals surface area contributed by atoms with E-state index in [1.54, 1.807) is 0 Å². The van der Waals surface area contributed by atoms with Crippen molar-refractivity contribution in [3.8, 4) is 22.6 Å². The van der Waals surface area contributed by atoms with Crippen LogP contribution in [0.25, 0.3) is 55.3 Å². The zero-order valence-electron chi connectivity index (χ0n) is 18.3. The molecule has 0 aliphatic rings. The standard InChI is InChI=1S/C30H20N4/c1-2-6-24(7-3-1)33-19-16-22-10-12-27-29(30(22)33)25-8-4-5-9-26(25)34(27)28-13-11-23(20-32-28)21-14-17-31-18-15-21/h1-20H. The first-order valence-electron chi connectivity index (χ1n) is 11.3. The third-order valence-electron chi connectivity index (χ3n) is 6.51. The average Bonchev–Trinajstić information content (AvgIpc) is 3.49. The summed E-state index contributed by atoms with van der Waals surface area (Å²) in [5.41, 5.74) is 6.85. The van der Waals surface area contributed by atoms with Crippen LogP contribution in [0.2, 0.25) is 0 Å². The highest BCUT2D eigenvalue weighted by Gasteiger charge is 2.17. The van der Waals surface area contributed by atoms with Crippen molar-refractivity contribution in [3.63, 3.8) is 0 Å². The molecule has 0 amide bonds. The van der Waals surface area contributed by atoms with Gasteiger partial charge in [-0.3, -0.25) is 9.55 Å². The van der Waals surface area contributed by atoms with Crippen molar-refractivity contribution in [1.82, 2.24) is 19.1 Å². The molecule has 0 bridgehead atoms. The number of nitrogens with zero attached hydrogens (tertiary/aromatic N) is 4. The average molecular weight is 437 g/mol. The number of para-hydroxylation sites is 2. The van der Waals surface area contributed by atoms with Gasteiger partial charge in [-0.15, -0.1) is 0 Å². The first kappa shape index (κ1) is 18.8. The van der Waals surface area contributed by atoms with Crippen molar-refractivity contribution in [2.45, 2.75) is 0 Å². The van der Waals surface area contributed by atoms with E-state index >= 15 is 0 Å². The molecule has 34 heavy (non-hydrogen) atoms. The SMILES string of the molecule is c1ccc(-n2ccc3ccc4c(c5ccccc5n4-c4ccc(-c5ccncc5)cn4)c32)cc1. The number of rotatable bonds is 3. The van der Waals surface area contributed by atoms with Crippen LogP contribution in [0.1, 0.15) is 0 Å². The molecule has 0 saturated heterocycles. The molecule has 0 fully saturated rings. The van der Waals surface area contributed by atoms with Gasteiger partial charge in [0.2, 0.25) is 0 Å². The van der Waals surface area contributed by atoms with E-state index in [2.05, 4.69) is 105 Å².